The number of unbranched alkanes of at least 4 members (excludes halogenated alkanes) is 7. The van der Waals surface area contributed by atoms with E-state index < -0.39 is 5.92 Å². The van der Waals surface area contributed by atoms with E-state index in [4.69, 9.17) is 19.2 Å². The van der Waals surface area contributed by atoms with Crippen molar-refractivity contribution in [3.8, 4) is 17.1 Å². The second-order valence-electron chi connectivity index (χ2n) is 11.8. The molecule has 1 saturated heterocycles. The summed E-state index contributed by atoms with van der Waals surface area (Å²) in [5.41, 5.74) is 2.08. The Labute approximate surface area is 241 Å². The van der Waals surface area contributed by atoms with Gasteiger partial charge in [0.05, 0.1) is 13.2 Å². The Bertz CT molecular complexity index is 995. The van der Waals surface area contributed by atoms with E-state index in [0.29, 0.717) is 24.9 Å². The molecule has 0 amide bonds. The Kier molecular flexibility index (Phi) is 12.9. The van der Waals surface area contributed by atoms with Gasteiger partial charge >= 0.3 is 5.97 Å². The molecule has 1 aliphatic carbocycles. The monoisotopic (exact) mass is 550 g/mol. The van der Waals surface area contributed by atoms with Crippen molar-refractivity contribution < 1.29 is 19.0 Å². The van der Waals surface area contributed by atoms with Gasteiger partial charge in [-0.25, -0.2) is 9.97 Å². The summed E-state index contributed by atoms with van der Waals surface area (Å²) in [5, 5.41) is 0. The lowest BCUT2D eigenvalue weighted by Gasteiger charge is -2.28. The highest BCUT2D eigenvalue weighted by atomic mass is 16.7. The van der Waals surface area contributed by atoms with Gasteiger partial charge in [-0.3, -0.25) is 4.79 Å². The normalized spacial score (nSPS) is 23.1. The molecule has 1 saturated carbocycles. The number of hydrogen-bond acceptors (Lipinski definition) is 6. The lowest BCUT2D eigenvalue weighted by Crippen LogP contribution is -2.38. The van der Waals surface area contributed by atoms with Crippen LogP contribution < -0.4 is 4.74 Å². The van der Waals surface area contributed by atoms with Crippen molar-refractivity contribution in [2.45, 2.75) is 122 Å². The van der Waals surface area contributed by atoms with Crippen LogP contribution in [0.2, 0.25) is 0 Å². The largest absolute Gasteiger partial charge is 0.426 e. The minimum Gasteiger partial charge on any atom is -0.426 e. The standard InChI is InChI=1S/C34H50N2O4/c1-3-5-7-8-9-11-12-26-14-16-27(17-15-26)31-22-23-35-33(36-31)28-18-20-30(21-19-28)40-34(37)29-24-38-32(39-25-29)13-10-6-4-2/h18-23,26-27,29,32H,3-17,24-25H2,1-2H3/t26-,27-,29?,32?. The van der Waals surface area contributed by atoms with E-state index in [1.54, 1.807) is 0 Å². The Morgan fingerprint density at radius 2 is 1.48 bits per heavy atom. The van der Waals surface area contributed by atoms with Gasteiger partial charge in [0.25, 0.3) is 0 Å². The molecule has 2 fully saturated rings. The molecule has 6 heteroatoms. The number of esters is 1. The summed E-state index contributed by atoms with van der Waals surface area (Å²) in [6.07, 6.45) is 20.7. The molecule has 0 spiro atoms. The van der Waals surface area contributed by atoms with Crippen molar-refractivity contribution in [3.05, 3.63) is 42.2 Å². The van der Waals surface area contributed by atoms with Crippen LogP contribution in [0.3, 0.4) is 0 Å². The van der Waals surface area contributed by atoms with Crippen LogP contribution in [0.15, 0.2) is 36.5 Å². The molecule has 2 aromatic rings. The van der Waals surface area contributed by atoms with Crippen LogP contribution in [0.5, 0.6) is 5.75 Å². The van der Waals surface area contributed by atoms with Crippen molar-refractivity contribution in [1.82, 2.24) is 9.97 Å². The average molecular weight is 551 g/mol. The number of nitrogens with zero attached hydrogens (tertiary/aromatic N) is 2. The molecule has 0 atom stereocenters. The second kappa shape index (κ2) is 16.8. The molecule has 2 heterocycles. The molecule has 6 nitrogen and oxygen atoms in total. The molecule has 4 rings (SSSR count). The molecular weight excluding hydrogens is 500 g/mol. The van der Waals surface area contributed by atoms with Crippen LogP contribution in [-0.2, 0) is 14.3 Å². The lowest BCUT2D eigenvalue weighted by atomic mass is 9.78. The van der Waals surface area contributed by atoms with Gasteiger partial charge in [0.2, 0.25) is 0 Å². The molecule has 0 radical (unpaired) electrons. The third-order valence-corrected chi connectivity index (χ3v) is 8.58. The van der Waals surface area contributed by atoms with Gasteiger partial charge in [-0.05, 0) is 74.8 Å². The zero-order chi connectivity index (χ0) is 28.0. The number of carbonyl (C=O) groups is 1. The number of carbonyl (C=O) groups excluding carboxylic acids is 1. The summed E-state index contributed by atoms with van der Waals surface area (Å²) in [4.78, 5) is 22.1. The van der Waals surface area contributed by atoms with Crippen LogP contribution in [0.25, 0.3) is 11.4 Å². The number of hydrogen-bond donors (Lipinski definition) is 0. The zero-order valence-corrected chi connectivity index (χ0v) is 24.8. The van der Waals surface area contributed by atoms with Crippen LogP contribution >= 0.6 is 0 Å². The zero-order valence-electron chi connectivity index (χ0n) is 24.8. The van der Waals surface area contributed by atoms with Crippen molar-refractivity contribution >= 4 is 5.97 Å². The quantitative estimate of drug-likeness (QED) is 0.126. The van der Waals surface area contributed by atoms with Crippen molar-refractivity contribution in [2.24, 2.45) is 11.8 Å². The van der Waals surface area contributed by atoms with Gasteiger partial charge in [0.15, 0.2) is 12.1 Å². The fourth-order valence-electron chi connectivity index (χ4n) is 5.98. The van der Waals surface area contributed by atoms with Crippen LogP contribution in [0, 0.1) is 11.8 Å². The van der Waals surface area contributed by atoms with Gasteiger partial charge in [-0.15, -0.1) is 0 Å². The molecule has 1 aliphatic heterocycles. The summed E-state index contributed by atoms with van der Waals surface area (Å²) in [7, 11) is 0. The third kappa shape index (κ3) is 9.66. The fraction of sp³-hybridized carbons (Fsp3) is 0.676. The number of rotatable bonds is 15. The molecule has 2 aliphatic rings. The van der Waals surface area contributed by atoms with Crippen molar-refractivity contribution in [3.63, 3.8) is 0 Å². The number of ether oxygens (including phenoxy) is 3. The maximum absolute atomic E-state index is 12.6. The topological polar surface area (TPSA) is 70.5 Å². The highest BCUT2D eigenvalue weighted by molar-refractivity contribution is 5.75. The summed E-state index contributed by atoms with van der Waals surface area (Å²) in [6, 6.07) is 9.57. The van der Waals surface area contributed by atoms with Gasteiger partial charge in [0, 0.05) is 23.4 Å². The molecular formula is C34H50N2O4. The lowest BCUT2D eigenvalue weighted by molar-refractivity contribution is -0.208. The summed E-state index contributed by atoms with van der Waals surface area (Å²) in [5.74, 6) is 1.94. The average Bonchev–Trinajstić information content (AvgIpc) is 3.00. The molecule has 220 valence electrons. The molecule has 0 unspecified atom stereocenters. The Hall–Kier alpha value is -2.31. The van der Waals surface area contributed by atoms with E-state index in [-0.39, 0.29) is 12.3 Å². The minimum absolute atomic E-state index is 0.203. The molecule has 0 N–H and O–H groups in total. The minimum atomic E-state index is -0.400. The van der Waals surface area contributed by atoms with E-state index in [1.165, 1.54) is 83.5 Å². The van der Waals surface area contributed by atoms with Crippen LogP contribution in [0.1, 0.15) is 122 Å². The van der Waals surface area contributed by atoms with Gasteiger partial charge in [-0.2, -0.15) is 0 Å². The van der Waals surface area contributed by atoms with E-state index in [2.05, 4.69) is 24.9 Å². The van der Waals surface area contributed by atoms with E-state index in [1.807, 2.05) is 30.5 Å². The molecule has 40 heavy (non-hydrogen) atoms. The third-order valence-electron chi connectivity index (χ3n) is 8.58. The Morgan fingerprint density at radius 3 is 2.20 bits per heavy atom. The molecule has 1 aromatic carbocycles. The highest BCUT2D eigenvalue weighted by Crippen LogP contribution is 2.37. The molecule has 1 aromatic heterocycles. The Balaban J connectivity index is 1.21. The maximum atomic E-state index is 12.6. The van der Waals surface area contributed by atoms with Crippen molar-refractivity contribution in [2.75, 3.05) is 13.2 Å². The SMILES string of the molecule is CCCCCCCC[C@H]1CC[C@H](c2ccnc(-c3ccc(OC(=O)C4COC(CCCCC)OC4)cc3)n2)CC1. The number of aromatic nitrogens is 2. The van der Waals surface area contributed by atoms with E-state index >= 15 is 0 Å². The Morgan fingerprint density at radius 1 is 0.825 bits per heavy atom. The summed E-state index contributed by atoms with van der Waals surface area (Å²) < 4.78 is 17.1. The van der Waals surface area contributed by atoms with Crippen LogP contribution in [-0.4, -0.2) is 35.4 Å². The van der Waals surface area contributed by atoms with Gasteiger partial charge in [0.1, 0.15) is 11.7 Å². The van der Waals surface area contributed by atoms with Crippen LogP contribution in [0.4, 0.5) is 0 Å². The number of benzene rings is 1. The summed E-state index contributed by atoms with van der Waals surface area (Å²) >= 11 is 0. The van der Waals surface area contributed by atoms with Crippen molar-refractivity contribution in [1.29, 1.82) is 0 Å². The predicted molar refractivity (Wildman–Crippen MR) is 159 cm³/mol. The first kappa shape index (κ1) is 30.6. The first-order valence-electron chi connectivity index (χ1n) is 16.0. The smallest absolute Gasteiger partial charge is 0.319 e. The maximum Gasteiger partial charge on any atom is 0.319 e. The van der Waals surface area contributed by atoms with E-state index in [0.717, 1.165) is 35.8 Å². The fourth-order valence-corrected chi connectivity index (χ4v) is 5.98. The van der Waals surface area contributed by atoms with Gasteiger partial charge < -0.3 is 14.2 Å². The first-order chi connectivity index (χ1) is 19.7. The molecule has 0 bridgehead atoms. The van der Waals surface area contributed by atoms with Gasteiger partial charge in [-0.1, -0.05) is 71.6 Å². The van der Waals surface area contributed by atoms with E-state index in [9.17, 15) is 4.79 Å². The highest BCUT2D eigenvalue weighted by Gasteiger charge is 2.29. The second-order valence-corrected chi connectivity index (χ2v) is 11.8. The first-order valence-corrected chi connectivity index (χ1v) is 16.0. The predicted octanol–water partition coefficient (Wildman–Crippen LogP) is 8.64. The summed E-state index contributed by atoms with van der Waals surface area (Å²) in [6.45, 7) is 5.14.